The average Bonchev–Trinajstić information content (AvgIpc) is 2.76. The summed E-state index contributed by atoms with van der Waals surface area (Å²) in [4.78, 5) is 23.6. The van der Waals surface area contributed by atoms with Crippen LogP contribution in [-0.2, 0) is 23.8 Å². The fourth-order valence-corrected chi connectivity index (χ4v) is 2.18. The minimum Gasteiger partial charge on any atom is -0.469 e. The molecule has 0 aromatic carbocycles. The zero-order valence-electron chi connectivity index (χ0n) is 10.8. The third kappa shape index (κ3) is 2.46. The number of hydrogen-bond acceptors (Lipinski definition) is 5. The topological polar surface area (TPSA) is 61.8 Å². The molecule has 4 atom stereocenters. The third-order valence-electron chi connectivity index (χ3n) is 3.04. The maximum atomic E-state index is 11.8. The van der Waals surface area contributed by atoms with Crippen LogP contribution >= 0.6 is 0 Å². The lowest BCUT2D eigenvalue weighted by Crippen LogP contribution is -2.36. The fraction of sp³-hybridized carbons (Fsp3) is 0.538. The predicted octanol–water partition coefficient (Wildman–Crippen LogP) is 1.09. The van der Waals surface area contributed by atoms with Crippen LogP contribution < -0.4 is 0 Å². The Hall–Kier alpha value is -1.62. The first kappa shape index (κ1) is 14.4. The number of rotatable bonds is 4. The summed E-state index contributed by atoms with van der Waals surface area (Å²) in [6, 6.07) is 0. The number of esters is 2. The largest absolute Gasteiger partial charge is 0.469 e. The monoisotopic (exact) mass is 254 g/mol. The van der Waals surface area contributed by atoms with Gasteiger partial charge in [-0.05, 0) is 6.92 Å². The van der Waals surface area contributed by atoms with Gasteiger partial charge in [-0.25, -0.2) is 0 Å². The Morgan fingerprint density at radius 1 is 1.17 bits per heavy atom. The summed E-state index contributed by atoms with van der Waals surface area (Å²) < 4.78 is 15.1. The van der Waals surface area contributed by atoms with E-state index in [-0.39, 0.29) is 0 Å². The molecular formula is C13H18O5. The molecule has 1 rings (SSSR count). The first-order valence-corrected chi connectivity index (χ1v) is 5.57. The van der Waals surface area contributed by atoms with Gasteiger partial charge in [-0.2, -0.15) is 0 Å². The van der Waals surface area contributed by atoms with E-state index in [1.54, 1.807) is 6.92 Å². The van der Waals surface area contributed by atoms with Gasteiger partial charge in [0.25, 0.3) is 0 Å². The van der Waals surface area contributed by atoms with E-state index in [0.29, 0.717) is 5.57 Å². The van der Waals surface area contributed by atoms with Crippen LogP contribution in [0.25, 0.3) is 0 Å². The van der Waals surface area contributed by atoms with Crippen molar-refractivity contribution < 1.29 is 23.8 Å². The van der Waals surface area contributed by atoms with Crippen molar-refractivity contribution in [2.24, 2.45) is 11.8 Å². The lowest BCUT2D eigenvalue weighted by atomic mass is 9.85. The van der Waals surface area contributed by atoms with Crippen LogP contribution in [0.5, 0.6) is 0 Å². The van der Waals surface area contributed by atoms with Crippen LogP contribution in [0.4, 0.5) is 0 Å². The fourth-order valence-electron chi connectivity index (χ4n) is 2.18. The standard InChI is InChI=1S/C13H18O5/c1-6-8-9(12(14)16-4)10(13(15)17-5)11(18-8)7(2)3/h6,8-11H,1-2H2,3-5H3. The van der Waals surface area contributed by atoms with Gasteiger partial charge >= 0.3 is 11.9 Å². The van der Waals surface area contributed by atoms with Gasteiger partial charge < -0.3 is 14.2 Å². The Labute approximate surface area is 106 Å². The molecule has 0 amide bonds. The van der Waals surface area contributed by atoms with Crippen molar-refractivity contribution in [3.05, 3.63) is 24.8 Å². The van der Waals surface area contributed by atoms with Gasteiger partial charge in [-0.15, -0.1) is 6.58 Å². The van der Waals surface area contributed by atoms with Crippen LogP contribution in [0, 0.1) is 11.8 Å². The predicted molar refractivity (Wildman–Crippen MR) is 64.7 cm³/mol. The van der Waals surface area contributed by atoms with Gasteiger partial charge in [0.05, 0.1) is 26.4 Å². The molecule has 1 fully saturated rings. The van der Waals surface area contributed by atoms with Crippen molar-refractivity contribution in [3.8, 4) is 0 Å². The van der Waals surface area contributed by atoms with E-state index in [1.165, 1.54) is 20.3 Å². The Morgan fingerprint density at radius 3 is 2.06 bits per heavy atom. The zero-order chi connectivity index (χ0) is 13.9. The summed E-state index contributed by atoms with van der Waals surface area (Å²) in [6.07, 6.45) is 0.341. The number of ether oxygens (including phenoxy) is 3. The second-order valence-corrected chi connectivity index (χ2v) is 4.20. The highest BCUT2D eigenvalue weighted by Crippen LogP contribution is 2.37. The molecule has 1 saturated heterocycles. The molecule has 0 radical (unpaired) electrons. The summed E-state index contributed by atoms with van der Waals surface area (Å²) >= 11 is 0. The van der Waals surface area contributed by atoms with E-state index in [4.69, 9.17) is 14.2 Å². The summed E-state index contributed by atoms with van der Waals surface area (Å²) in [5.74, 6) is -2.52. The number of hydrogen-bond donors (Lipinski definition) is 0. The summed E-state index contributed by atoms with van der Waals surface area (Å²) in [7, 11) is 2.54. The van der Waals surface area contributed by atoms with E-state index in [0.717, 1.165) is 0 Å². The van der Waals surface area contributed by atoms with Gasteiger partial charge in [0, 0.05) is 0 Å². The van der Waals surface area contributed by atoms with E-state index in [9.17, 15) is 9.59 Å². The van der Waals surface area contributed by atoms with Crippen LogP contribution in [0.1, 0.15) is 6.92 Å². The molecule has 0 aromatic heterocycles. The Morgan fingerprint density at radius 2 is 1.67 bits per heavy atom. The number of carbonyl (C=O) groups excluding carboxylic acids is 2. The van der Waals surface area contributed by atoms with Gasteiger partial charge in [0.2, 0.25) is 0 Å². The van der Waals surface area contributed by atoms with Crippen molar-refractivity contribution in [2.45, 2.75) is 19.1 Å². The van der Waals surface area contributed by atoms with E-state index >= 15 is 0 Å². The van der Waals surface area contributed by atoms with Crippen LogP contribution in [0.15, 0.2) is 24.8 Å². The van der Waals surface area contributed by atoms with Gasteiger partial charge in [0.1, 0.15) is 11.8 Å². The van der Waals surface area contributed by atoms with Crippen LogP contribution in [0.3, 0.4) is 0 Å². The quantitative estimate of drug-likeness (QED) is 0.555. The lowest BCUT2D eigenvalue weighted by Gasteiger charge is -2.19. The first-order chi connectivity index (χ1) is 8.47. The molecule has 1 aliphatic rings. The van der Waals surface area contributed by atoms with Crippen molar-refractivity contribution in [3.63, 3.8) is 0 Å². The molecule has 0 N–H and O–H groups in total. The molecule has 5 heteroatoms. The minimum atomic E-state index is -0.748. The molecule has 100 valence electrons. The minimum absolute atomic E-state index is 0.511. The summed E-state index contributed by atoms with van der Waals surface area (Å²) in [6.45, 7) is 9.12. The van der Waals surface area contributed by atoms with Gasteiger partial charge in [0.15, 0.2) is 0 Å². The molecule has 0 spiro atoms. The van der Waals surface area contributed by atoms with Crippen molar-refractivity contribution in [1.82, 2.24) is 0 Å². The molecule has 1 aliphatic heterocycles. The Kier molecular flexibility index (Phi) is 4.67. The molecule has 5 nitrogen and oxygen atoms in total. The molecule has 18 heavy (non-hydrogen) atoms. The maximum Gasteiger partial charge on any atom is 0.312 e. The van der Waals surface area contributed by atoms with E-state index < -0.39 is 36.0 Å². The number of carbonyl (C=O) groups is 2. The van der Waals surface area contributed by atoms with Crippen molar-refractivity contribution >= 4 is 11.9 Å². The molecule has 0 saturated carbocycles. The highest BCUT2D eigenvalue weighted by atomic mass is 16.6. The SMILES string of the molecule is C=CC1OC(C(=C)C)C(C(=O)OC)C1C(=O)OC. The Bertz CT molecular complexity index is 374. The molecule has 1 heterocycles. The van der Waals surface area contributed by atoms with Crippen molar-refractivity contribution in [2.75, 3.05) is 14.2 Å². The number of methoxy groups -OCH3 is 2. The zero-order valence-corrected chi connectivity index (χ0v) is 10.8. The first-order valence-electron chi connectivity index (χ1n) is 5.57. The Balaban J connectivity index is 3.14. The molecule has 0 bridgehead atoms. The second-order valence-electron chi connectivity index (χ2n) is 4.20. The normalized spacial score (nSPS) is 30.6. The second kappa shape index (κ2) is 5.82. The van der Waals surface area contributed by atoms with Crippen LogP contribution in [0.2, 0.25) is 0 Å². The van der Waals surface area contributed by atoms with E-state index in [1.807, 2.05) is 0 Å². The maximum absolute atomic E-state index is 11.8. The molecular weight excluding hydrogens is 236 g/mol. The highest BCUT2D eigenvalue weighted by molar-refractivity contribution is 5.84. The third-order valence-corrected chi connectivity index (χ3v) is 3.04. The van der Waals surface area contributed by atoms with Crippen molar-refractivity contribution in [1.29, 1.82) is 0 Å². The smallest absolute Gasteiger partial charge is 0.312 e. The molecule has 4 unspecified atom stereocenters. The van der Waals surface area contributed by atoms with E-state index in [2.05, 4.69) is 13.2 Å². The molecule has 0 aliphatic carbocycles. The van der Waals surface area contributed by atoms with Crippen LogP contribution in [-0.4, -0.2) is 38.4 Å². The molecule has 0 aromatic rings. The lowest BCUT2D eigenvalue weighted by molar-refractivity contribution is -0.156. The summed E-state index contributed by atoms with van der Waals surface area (Å²) in [5.41, 5.74) is 0.656. The average molecular weight is 254 g/mol. The van der Waals surface area contributed by atoms with Gasteiger partial charge in [-0.3, -0.25) is 9.59 Å². The summed E-state index contributed by atoms with van der Waals surface area (Å²) in [5, 5.41) is 0. The van der Waals surface area contributed by atoms with Gasteiger partial charge in [-0.1, -0.05) is 18.2 Å². The highest BCUT2D eigenvalue weighted by Gasteiger charge is 2.52.